The van der Waals surface area contributed by atoms with Crippen LogP contribution in [0.4, 0.5) is 5.69 Å². The Morgan fingerprint density at radius 1 is 1.26 bits per heavy atom. The van der Waals surface area contributed by atoms with Gasteiger partial charge in [-0.15, -0.1) is 0 Å². The molecule has 0 spiro atoms. The van der Waals surface area contributed by atoms with Gasteiger partial charge in [-0.25, -0.2) is 0 Å². The third-order valence-electron chi connectivity index (χ3n) is 4.80. The van der Waals surface area contributed by atoms with Crippen molar-refractivity contribution in [1.82, 2.24) is 4.90 Å². The zero-order valence-corrected chi connectivity index (χ0v) is 15.8. The van der Waals surface area contributed by atoms with E-state index < -0.39 is 10.8 Å². The van der Waals surface area contributed by atoms with Gasteiger partial charge in [-0.1, -0.05) is 18.6 Å². The molecule has 0 aliphatic heterocycles. The normalized spacial score (nSPS) is 14.8. The lowest BCUT2D eigenvalue weighted by molar-refractivity contribution is -0.384. The van der Waals surface area contributed by atoms with Crippen LogP contribution in [0.25, 0.3) is 0 Å². The highest BCUT2D eigenvalue weighted by atomic mass is 16.6. The van der Waals surface area contributed by atoms with E-state index in [9.17, 15) is 19.7 Å². The van der Waals surface area contributed by atoms with Crippen molar-refractivity contribution in [1.29, 1.82) is 0 Å². The first-order valence-corrected chi connectivity index (χ1v) is 9.22. The van der Waals surface area contributed by atoms with Gasteiger partial charge in [0.25, 0.3) is 11.6 Å². The van der Waals surface area contributed by atoms with Crippen LogP contribution in [0.5, 0.6) is 0 Å². The molecular formula is C20H26N2O5. The number of benzene rings is 1. The minimum Gasteiger partial charge on any atom is -0.469 e. The first kappa shape index (κ1) is 20.6. The van der Waals surface area contributed by atoms with Crippen LogP contribution in [0, 0.1) is 16.0 Å². The van der Waals surface area contributed by atoms with E-state index in [0.717, 1.165) is 19.3 Å². The highest BCUT2D eigenvalue weighted by Crippen LogP contribution is 2.21. The highest BCUT2D eigenvalue weighted by Gasteiger charge is 2.23. The van der Waals surface area contributed by atoms with Gasteiger partial charge in [-0.05, 0) is 44.2 Å². The van der Waals surface area contributed by atoms with Crippen LogP contribution in [-0.2, 0) is 9.53 Å². The van der Waals surface area contributed by atoms with Crippen LogP contribution < -0.4 is 0 Å². The predicted molar refractivity (Wildman–Crippen MR) is 101 cm³/mol. The summed E-state index contributed by atoms with van der Waals surface area (Å²) in [6.07, 6.45) is 7.50. The van der Waals surface area contributed by atoms with Gasteiger partial charge >= 0.3 is 5.97 Å². The first-order valence-electron chi connectivity index (χ1n) is 9.22. The van der Waals surface area contributed by atoms with E-state index in [1.807, 2.05) is 0 Å². The summed E-state index contributed by atoms with van der Waals surface area (Å²) in [4.78, 5) is 36.7. The molecule has 1 unspecified atom stereocenters. The van der Waals surface area contributed by atoms with Gasteiger partial charge in [0.15, 0.2) is 0 Å². The number of hydrogen-bond donors (Lipinski definition) is 0. The average molecular weight is 374 g/mol. The molecule has 0 bridgehead atoms. The lowest BCUT2D eigenvalue weighted by atomic mass is 9.97. The number of ether oxygens (including phenoxy) is 1. The summed E-state index contributed by atoms with van der Waals surface area (Å²) < 4.78 is 4.77. The lowest BCUT2D eigenvalue weighted by Gasteiger charge is -2.26. The molecule has 27 heavy (non-hydrogen) atoms. The fourth-order valence-electron chi connectivity index (χ4n) is 3.20. The minimum atomic E-state index is -0.499. The number of non-ortho nitro benzene ring substituents is 1. The molecule has 0 N–H and O–H groups in total. The van der Waals surface area contributed by atoms with E-state index in [4.69, 9.17) is 4.74 Å². The number of nitrogens with zero attached hydrogens (tertiary/aromatic N) is 2. The number of nitro benzene ring substituents is 1. The van der Waals surface area contributed by atoms with Crippen LogP contribution in [0.2, 0.25) is 0 Å². The van der Waals surface area contributed by atoms with E-state index in [-0.39, 0.29) is 24.1 Å². The number of esters is 1. The number of carbonyl (C=O) groups is 2. The van der Waals surface area contributed by atoms with Crippen molar-refractivity contribution < 1.29 is 19.2 Å². The van der Waals surface area contributed by atoms with Gasteiger partial charge in [0.05, 0.1) is 18.0 Å². The topological polar surface area (TPSA) is 89.8 Å². The second-order valence-corrected chi connectivity index (χ2v) is 6.84. The van der Waals surface area contributed by atoms with Crippen molar-refractivity contribution in [2.75, 3.05) is 20.2 Å². The molecule has 0 aromatic heterocycles. The van der Waals surface area contributed by atoms with Gasteiger partial charge in [0, 0.05) is 30.8 Å². The zero-order chi connectivity index (χ0) is 19.8. The Labute approximate surface area is 159 Å². The minimum absolute atomic E-state index is 0.0617. The highest BCUT2D eigenvalue weighted by molar-refractivity contribution is 5.94. The molecule has 146 valence electrons. The molecule has 2 rings (SSSR count). The molecule has 0 fully saturated rings. The summed E-state index contributed by atoms with van der Waals surface area (Å²) in [7, 11) is 1.33. The third kappa shape index (κ3) is 5.91. The fraction of sp³-hybridized carbons (Fsp3) is 0.500. The Kier molecular flexibility index (Phi) is 7.52. The smallest absolute Gasteiger partial charge is 0.310 e. The Hall–Kier alpha value is -2.70. The molecule has 0 saturated carbocycles. The average Bonchev–Trinajstić information content (AvgIpc) is 2.70. The summed E-state index contributed by atoms with van der Waals surface area (Å²) in [6.45, 7) is 2.47. The van der Waals surface area contributed by atoms with Crippen LogP contribution in [0.1, 0.15) is 49.4 Å². The summed E-state index contributed by atoms with van der Waals surface area (Å²) in [5.41, 5.74) is 1.65. The standard InChI is InChI=1S/C20H26N2O5/c1-15(20(24)27-2)14-21(13-12-16-6-4-3-5-7-16)19(23)17-8-10-18(11-9-17)22(25)26/h6,8-11,15H,3-5,7,12-14H2,1-2H3. The molecular weight excluding hydrogens is 348 g/mol. The molecule has 1 aromatic carbocycles. The number of carbonyl (C=O) groups excluding carboxylic acids is 2. The van der Waals surface area contributed by atoms with Crippen LogP contribution in [0.15, 0.2) is 35.9 Å². The number of methoxy groups -OCH3 is 1. The maximum atomic E-state index is 12.9. The fourth-order valence-corrected chi connectivity index (χ4v) is 3.20. The van der Waals surface area contributed by atoms with Crippen LogP contribution >= 0.6 is 0 Å². The molecule has 1 aromatic rings. The van der Waals surface area contributed by atoms with Gasteiger partial charge in [0.1, 0.15) is 0 Å². The van der Waals surface area contributed by atoms with Crippen molar-refractivity contribution in [2.24, 2.45) is 5.92 Å². The maximum Gasteiger partial charge on any atom is 0.310 e. The molecule has 7 heteroatoms. The molecule has 7 nitrogen and oxygen atoms in total. The maximum absolute atomic E-state index is 12.9. The molecule has 0 saturated heterocycles. The summed E-state index contributed by atoms with van der Waals surface area (Å²) >= 11 is 0. The number of allylic oxidation sites excluding steroid dienone is 1. The van der Waals surface area contributed by atoms with Gasteiger partial charge < -0.3 is 9.64 Å². The van der Waals surface area contributed by atoms with Gasteiger partial charge in [0.2, 0.25) is 0 Å². The van der Waals surface area contributed by atoms with Crippen molar-refractivity contribution in [3.05, 3.63) is 51.6 Å². The quantitative estimate of drug-likeness (QED) is 0.299. The van der Waals surface area contributed by atoms with E-state index in [1.165, 1.54) is 49.8 Å². The molecule has 1 atom stereocenters. The largest absolute Gasteiger partial charge is 0.469 e. The summed E-state index contributed by atoms with van der Waals surface area (Å²) in [6, 6.07) is 5.55. The first-order chi connectivity index (χ1) is 12.9. The van der Waals surface area contributed by atoms with Crippen molar-refractivity contribution >= 4 is 17.6 Å². The summed E-state index contributed by atoms with van der Waals surface area (Å²) in [5.74, 6) is -1.05. The Balaban J connectivity index is 2.13. The number of nitro groups is 1. The van der Waals surface area contributed by atoms with E-state index in [2.05, 4.69) is 6.08 Å². The Morgan fingerprint density at radius 2 is 1.96 bits per heavy atom. The van der Waals surface area contributed by atoms with Crippen molar-refractivity contribution in [2.45, 2.75) is 39.0 Å². The van der Waals surface area contributed by atoms with Gasteiger partial charge in [-0.3, -0.25) is 19.7 Å². The van der Waals surface area contributed by atoms with Crippen LogP contribution in [0.3, 0.4) is 0 Å². The third-order valence-corrected chi connectivity index (χ3v) is 4.80. The van der Waals surface area contributed by atoms with Crippen molar-refractivity contribution in [3.63, 3.8) is 0 Å². The zero-order valence-electron chi connectivity index (χ0n) is 15.8. The van der Waals surface area contributed by atoms with E-state index in [1.54, 1.807) is 11.8 Å². The molecule has 1 amide bonds. The predicted octanol–water partition coefficient (Wildman–Crippen LogP) is 3.74. The molecule has 1 aliphatic rings. The number of amides is 1. The lowest BCUT2D eigenvalue weighted by Crippen LogP contribution is -2.38. The summed E-state index contributed by atoms with van der Waals surface area (Å²) in [5, 5.41) is 10.8. The monoisotopic (exact) mass is 374 g/mol. The van der Waals surface area contributed by atoms with Crippen LogP contribution in [-0.4, -0.2) is 41.9 Å². The van der Waals surface area contributed by atoms with Gasteiger partial charge in [-0.2, -0.15) is 0 Å². The van der Waals surface area contributed by atoms with E-state index >= 15 is 0 Å². The molecule has 0 radical (unpaired) electrons. The Bertz CT molecular complexity index is 712. The molecule has 0 heterocycles. The number of rotatable bonds is 8. The Morgan fingerprint density at radius 3 is 2.52 bits per heavy atom. The second kappa shape index (κ2) is 9.85. The SMILES string of the molecule is COC(=O)C(C)CN(CCC1=CCCCC1)C(=O)c1ccc([N+](=O)[O-])cc1. The number of hydrogen-bond acceptors (Lipinski definition) is 5. The second-order valence-electron chi connectivity index (χ2n) is 6.84. The molecule has 1 aliphatic carbocycles. The van der Waals surface area contributed by atoms with Crippen molar-refractivity contribution in [3.8, 4) is 0 Å². The van der Waals surface area contributed by atoms with E-state index in [0.29, 0.717) is 12.1 Å².